The molecule has 0 aliphatic heterocycles. The van der Waals surface area contributed by atoms with Gasteiger partial charge in [-0.2, -0.15) is 0 Å². The van der Waals surface area contributed by atoms with E-state index in [-0.39, 0.29) is 5.00 Å². The lowest BCUT2D eigenvalue weighted by Gasteiger charge is -2.13. The van der Waals surface area contributed by atoms with E-state index in [0.29, 0.717) is 29.5 Å². The highest BCUT2D eigenvalue weighted by Gasteiger charge is 2.36. The van der Waals surface area contributed by atoms with E-state index in [1.165, 1.54) is 6.92 Å². The number of ether oxygens (including phenoxy) is 1. The van der Waals surface area contributed by atoms with E-state index in [1.54, 1.807) is 0 Å². The number of carbonyl (C=O) groups is 2. The Hall–Kier alpha value is -2.71. The summed E-state index contributed by atoms with van der Waals surface area (Å²) in [5, 5.41) is 10.9. The Morgan fingerprint density at radius 1 is 1.30 bits per heavy atom. The third kappa shape index (κ3) is 5.25. The maximum atomic E-state index is 13.6. The van der Waals surface area contributed by atoms with E-state index in [2.05, 4.69) is 10.1 Å². The fraction of sp³-hybridized carbons (Fsp3) is 0.250. The first-order chi connectivity index (χ1) is 13.8. The molecule has 30 heavy (non-hydrogen) atoms. The number of halogens is 4. The van der Waals surface area contributed by atoms with E-state index in [1.807, 2.05) is 0 Å². The minimum absolute atomic E-state index is 0.305. The van der Waals surface area contributed by atoms with Crippen molar-refractivity contribution in [2.75, 3.05) is 11.9 Å². The van der Waals surface area contributed by atoms with Crippen LogP contribution in [0.1, 0.15) is 17.3 Å². The van der Waals surface area contributed by atoms with Crippen LogP contribution in [0.15, 0.2) is 33.4 Å². The molecule has 0 bridgehead atoms. The van der Waals surface area contributed by atoms with E-state index in [9.17, 15) is 35.6 Å². The standard InChI is InChI=1S/C16H14F4N2O6S2/c1-7(6-23)14(25)22-15-9(13(21)24)5-12(29-15)30(26,27)11-4-8(17)2-3-10(11)28-16(18,19)20/h2-5,7,23H,6H2,1H3,(H2,21,24)(H,22,25). The summed E-state index contributed by atoms with van der Waals surface area (Å²) >= 11 is 0.317. The number of aliphatic hydroxyl groups is 1. The van der Waals surface area contributed by atoms with Crippen molar-refractivity contribution in [3.63, 3.8) is 0 Å². The Labute approximate surface area is 171 Å². The number of carbonyl (C=O) groups excluding carboxylic acids is 2. The van der Waals surface area contributed by atoms with Gasteiger partial charge in [0, 0.05) is 0 Å². The summed E-state index contributed by atoms with van der Waals surface area (Å²) < 4.78 is 80.1. The predicted octanol–water partition coefficient (Wildman–Crippen LogP) is 2.28. The molecule has 0 spiro atoms. The number of aliphatic hydroxyl groups excluding tert-OH is 1. The highest BCUT2D eigenvalue weighted by Crippen LogP contribution is 2.39. The van der Waals surface area contributed by atoms with E-state index >= 15 is 0 Å². The van der Waals surface area contributed by atoms with Crippen LogP contribution in [0.2, 0.25) is 0 Å². The number of hydrogen-bond acceptors (Lipinski definition) is 7. The summed E-state index contributed by atoms with van der Waals surface area (Å²) in [4.78, 5) is 22.4. The lowest BCUT2D eigenvalue weighted by atomic mass is 10.2. The summed E-state index contributed by atoms with van der Waals surface area (Å²) in [5.74, 6) is -5.15. The topological polar surface area (TPSA) is 136 Å². The first kappa shape index (κ1) is 23.6. The average molecular weight is 470 g/mol. The van der Waals surface area contributed by atoms with Gasteiger partial charge in [0.15, 0.2) is 0 Å². The van der Waals surface area contributed by atoms with Crippen LogP contribution >= 0.6 is 11.3 Å². The number of thiophene rings is 1. The van der Waals surface area contributed by atoms with Crippen molar-refractivity contribution in [1.82, 2.24) is 0 Å². The first-order valence-electron chi connectivity index (χ1n) is 7.92. The zero-order valence-electron chi connectivity index (χ0n) is 15.0. The smallest absolute Gasteiger partial charge is 0.404 e. The molecule has 4 N–H and O–H groups in total. The summed E-state index contributed by atoms with van der Waals surface area (Å²) in [6.45, 7) is 0.799. The number of rotatable bonds is 7. The Morgan fingerprint density at radius 3 is 2.47 bits per heavy atom. The number of hydrogen-bond donors (Lipinski definition) is 3. The Balaban J connectivity index is 2.59. The summed E-state index contributed by atoms with van der Waals surface area (Å²) in [7, 11) is -4.82. The molecule has 0 fully saturated rings. The van der Waals surface area contributed by atoms with Gasteiger partial charge in [-0.25, -0.2) is 12.8 Å². The molecule has 2 aromatic rings. The number of benzene rings is 1. The molecule has 2 amide bonds. The van der Waals surface area contributed by atoms with E-state index < -0.39 is 66.8 Å². The van der Waals surface area contributed by atoms with Crippen molar-refractivity contribution in [2.24, 2.45) is 11.7 Å². The number of nitrogens with two attached hydrogens (primary N) is 1. The number of amides is 2. The van der Waals surface area contributed by atoms with Crippen LogP contribution in [0.3, 0.4) is 0 Å². The third-order valence-corrected chi connectivity index (χ3v) is 6.92. The number of anilines is 1. The van der Waals surface area contributed by atoms with E-state index in [0.717, 1.165) is 6.07 Å². The minimum Gasteiger partial charge on any atom is -0.404 e. The summed E-state index contributed by atoms with van der Waals surface area (Å²) in [6.07, 6.45) is -5.25. The van der Waals surface area contributed by atoms with Crippen LogP contribution in [-0.4, -0.2) is 38.3 Å². The zero-order valence-corrected chi connectivity index (χ0v) is 16.6. The normalized spacial score (nSPS) is 13.0. The van der Waals surface area contributed by atoms with Gasteiger partial charge in [-0.3, -0.25) is 9.59 Å². The Kier molecular flexibility index (Phi) is 6.73. The number of nitrogens with one attached hydrogen (secondary N) is 1. The maximum absolute atomic E-state index is 13.6. The molecule has 0 aliphatic rings. The lowest BCUT2D eigenvalue weighted by Crippen LogP contribution is -2.24. The second-order valence-electron chi connectivity index (χ2n) is 5.89. The average Bonchev–Trinajstić information content (AvgIpc) is 3.06. The number of alkyl halides is 3. The Morgan fingerprint density at radius 2 is 1.93 bits per heavy atom. The molecule has 1 aromatic heterocycles. The van der Waals surface area contributed by atoms with Gasteiger partial charge in [0.1, 0.15) is 25.7 Å². The molecule has 14 heteroatoms. The van der Waals surface area contributed by atoms with Gasteiger partial charge in [0.25, 0.3) is 5.91 Å². The number of primary amides is 1. The van der Waals surface area contributed by atoms with Crippen LogP contribution in [0.4, 0.5) is 22.6 Å². The van der Waals surface area contributed by atoms with Gasteiger partial charge < -0.3 is 20.9 Å². The van der Waals surface area contributed by atoms with Crippen molar-refractivity contribution in [1.29, 1.82) is 0 Å². The Bertz CT molecular complexity index is 1080. The summed E-state index contributed by atoms with van der Waals surface area (Å²) in [5.41, 5.74) is 4.73. The predicted molar refractivity (Wildman–Crippen MR) is 96.3 cm³/mol. The van der Waals surface area contributed by atoms with Crippen LogP contribution < -0.4 is 15.8 Å². The monoisotopic (exact) mass is 470 g/mol. The molecule has 1 unspecified atom stereocenters. The van der Waals surface area contributed by atoms with Crippen LogP contribution in [0.25, 0.3) is 0 Å². The van der Waals surface area contributed by atoms with Crippen molar-refractivity contribution >= 4 is 38.0 Å². The largest absolute Gasteiger partial charge is 0.573 e. The van der Waals surface area contributed by atoms with Crippen LogP contribution in [0.5, 0.6) is 5.75 Å². The van der Waals surface area contributed by atoms with Gasteiger partial charge in [-0.05, 0) is 24.3 Å². The second-order valence-corrected chi connectivity index (χ2v) is 9.08. The van der Waals surface area contributed by atoms with Gasteiger partial charge >= 0.3 is 6.36 Å². The minimum atomic E-state index is -5.25. The molecule has 1 atom stereocenters. The fourth-order valence-electron chi connectivity index (χ4n) is 2.10. The van der Waals surface area contributed by atoms with Gasteiger partial charge in [0.2, 0.25) is 15.7 Å². The second kappa shape index (κ2) is 8.57. The molecule has 8 nitrogen and oxygen atoms in total. The van der Waals surface area contributed by atoms with Crippen molar-refractivity contribution in [3.05, 3.63) is 35.6 Å². The highest BCUT2D eigenvalue weighted by atomic mass is 32.2. The fourth-order valence-corrected chi connectivity index (χ4v) is 4.99. The van der Waals surface area contributed by atoms with Crippen molar-refractivity contribution in [3.8, 4) is 5.75 Å². The molecule has 0 radical (unpaired) electrons. The maximum Gasteiger partial charge on any atom is 0.573 e. The molecule has 1 aromatic carbocycles. The quantitative estimate of drug-likeness (QED) is 0.532. The number of sulfone groups is 1. The molecule has 0 saturated carbocycles. The lowest BCUT2D eigenvalue weighted by molar-refractivity contribution is -0.275. The molecule has 164 valence electrons. The molecule has 0 aliphatic carbocycles. The summed E-state index contributed by atoms with van der Waals surface area (Å²) in [6, 6.07) is 2.13. The van der Waals surface area contributed by atoms with Gasteiger partial charge in [-0.15, -0.1) is 24.5 Å². The molecular formula is C16H14F4N2O6S2. The molecular weight excluding hydrogens is 456 g/mol. The van der Waals surface area contributed by atoms with Gasteiger partial charge in [0.05, 0.1) is 18.1 Å². The van der Waals surface area contributed by atoms with Gasteiger partial charge in [-0.1, -0.05) is 6.92 Å². The highest BCUT2D eigenvalue weighted by molar-refractivity contribution is 7.93. The first-order valence-corrected chi connectivity index (χ1v) is 10.2. The zero-order chi connectivity index (χ0) is 22.9. The molecule has 1 heterocycles. The van der Waals surface area contributed by atoms with Crippen molar-refractivity contribution < 1.29 is 45.4 Å². The van der Waals surface area contributed by atoms with Crippen molar-refractivity contribution in [2.45, 2.75) is 22.4 Å². The SMILES string of the molecule is CC(CO)C(=O)Nc1sc(S(=O)(=O)c2cc(F)ccc2OC(F)(F)F)cc1C(N)=O. The molecule has 2 rings (SSSR count). The third-order valence-electron chi connectivity index (χ3n) is 3.62. The molecule has 0 saturated heterocycles. The van der Waals surface area contributed by atoms with Crippen LogP contribution in [0, 0.1) is 11.7 Å². The van der Waals surface area contributed by atoms with E-state index in [4.69, 9.17) is 10.8 Å². The van der Waals surface area contributed by atoms with Crippen LogP contribution in [-0.2, 0) is 14.6 Å².